The molecule has 0 atom stereocenters. The molecule has 3 aromatic rings. The maximum absolute atomic E-state index is 12.1. The molecule has 2 heterocycles. The summed E-state index contributed by atoms with van der Waals surface area (Å²) in [5, 5.41) is 4.74. The minimum atomic E-state index is -0.0453. The summed E-state index contributed by atoms with van der Waals surface area (Å²) in [4.78, 5) is 22.9. The fraction of sp³-hybridized carbons (Fsp3) is 0.316. The lowest BCUT2D eigenvalue weighted by atomic mass is 10.3. The molecule has 0 unspecified atom stereocenters. The lowest BCUT2D eigenvalue weighted by molar-refractivity contribution is -0.118. The highest BCUT2D eigenvalue weighted by atomic mass is 32.2. The van der Waals surface area contributed by atoms with Gasteiger partial charge in [0.2, 0.25) is 5.91 Å². The van der Waals surface area contributed by atoms with Crippen LogP contribution in [0.3, 0.4) is 0 Å². The van der Waals surface area contributed by atoms with Crippen molar-refractivity contribution in [3.63, 3.8) is 0 Å². The molecular weight excluding hydrogens is 382 g/mol. The SMILES string of the molecule is CCc1cc2c(SCC(=O)NCCOc3ccc(OC)cc3)ncnc2s1. The minimum Gasteiger partial charge on any atom is -0.497 e. The van der Waals surface area contributed by atoms with E-state index < -0.39 is 0 Å². The van der Waals surface area contributed by atoms with Gasteiger partial charge < -0.3 is 14.8 Å². The Kier molecular flexibility index (Phi) is 6.89. The molecule has 8 heteroatoms. The highest BCUT2D eigenvalue weighted by Gasteiger charge is 2.10. The van der Waals surface area contributed by atoms with E-state index in [4.69, 9.17) is 9.47 Å². The number of methoxy groups -OCH3 is 1. The molecule has 1 amide bonds. The van der Waals surface area contributed by atoms with Crippen LogP contribution in [0.5, 0.6) is 11.5 Å². The molecule has 0 saturated carbocycles. The Hall–Kier alpha value is -2.32. The second kappa shape index (κ2) is 9.57. The van der Waals surface area contributed by atoms with Crippen molar-refractivity contribution >= 4 is 39.2 Å². The van der Waals surface area contributed by atoms with E-state index in [1.54, 1.807) is 24.8 Å². The second-order valence-corrected chi connectivity index (χ2v) is 7.71. The monoisotopic (exact) mass is 403 g/mol. The predicted octanol–water partition coefficient (Wildman–Crippen LogP) is 3.55. The van der Waals surface area contributed by atoms with Crippen molar-refractivity contribution < 1.29 is 14.3 Å². The van der Waals surface area contributed by atoms with E-state index in [1.807, 2.05) is 24.3 Å². The van der Waals surface area contributed by atoms with Gasteiger partial charge in [-0.3, -0.25) is 4.79 Å². The molecule has 0 fully saturated rings. The largest absolute Gasteiger partial charge is 0.497 e. The number of nitrogens with zero attached hydrogens (tertiary/aromatic N) is 2. The summed E-state index contributed by atoms with van der Waals surface area (Å²) in [7, 11) is 1.62. The summed E-state index contributed by atoms with van der Waals surface area (Å²) in [6, 6.07) is 9.45. The molecule has 6 nitrogen and oxygen atoms in total. The van der Waals surface area contributed by atoms with Gasteiger partial charge in [0.15, 0.2) is 0 Å². The summed E-state index contributed by atoms with van der Waals surface area (Å²) in [6.07, 6.45) is 2.53. The van der Waals surface area contributed by atoms with E-state index in [0.29, 0.717) is 18.9 Å². The third-order valence-corrected chi connectivity index (χ3v) is 5.98. The third kappa shape index (κ3) is 5.33. The number of carbonyl (C=O) groups excluding carboxylic acids is 1. The van der Waals surface area contributed by atoms with Crippen molar-refractivity contribution in [3.05, 3.63) is 41.5 Å². The lowest BCUT2D eigenvalue weighted by Gasteiger charge is -2.08. The number of aryl methyl sites for hydroxylation is 1. The number of fused-ring (bicyclic) bond motifs is 1. The quantitative estimate of drug-likeness (QED) is 0.335. The van der Waals surface area contributed by atoms with Crippen molar-refractivity contribution in [2.24, 2.45) is 0 Å². The van der Waals surface area contributed by atoms with Gasteiger partial charge in [0.05, 0.1) is 19.4 Å². The average Bonchev–Trinajstić information content (AvgIpc) is 3.14. The first-order valence-corrected chi connectivity index (χ1v) is 10.4. The molecule has 0 saturated heterocycles. The van der Waals surface area contributed by atoms with Crippen LogP contribution in [0.1, 0.15) is 11.8 Å². The molecule has 0 aliphatic rings. The van der Waals surface area contributed by atoms with Crippen molar-refractivity contribution in [1.82, 2.24) is 15.3 Å². The Balaban J connectivity index is 1.42. The molecule has 0 aliphatic carbocycles. The van der Waals surface area contributed by atoms with Crippen molar-refractivity contribution in [2.45, 2.75) is 18.4 Å². The third-order valence-electron chi connectivity index (χ3n) is 3.78. The van der Waals surface area contributed by atoms with Gasteiger partial charge in [-0.15, -0.1) is 11.3 Å². The topological polar surface area (TPSA) is 73.3 Å². The second-order valence-electron chi connectivity index (χ2n) is 5.63. The van der Waals surface area contributed by atoms with Gasteiger partial charge in [-0.2, -0.15) is 0 Å². The van der Waals surface area contributed by atoms with Crippen LogP contribution in [-0.2, 0) is 11.2 Å². The highest BCUT2D eigenvalue weighted by molar-refractivity contribution is 8.00. The Labute approximate surface area is 166 Å². The van der Waals surface area contributed by atoms with E-state index in [1.165, 1.54) is 16.6 Å². The summed E-state index contributed by atoms with van der Waals surface area (Å²) < 4.78 is 10.7. The van der Waals surface area contributed by atoms with Crippen LogP contribution < -0.4 is 14.8 Å². The number of thioether (sulfide) groups is 1. The number of hydrogen-bond acceptors (Lipinski definition) is 7. The van der Waals surface area contributed by atoms with Gasteiger partial charge in [-0.25, -0.2) is 9.97 Å². The molecule has 27 heavy (non-hydrogen) atoms. The van der Waals surface area contributed by atoms with Crippen molar-refractivity contribution in [2.75, 3.05) is 26.0 Å². The highest BCUT2D eigenvalue weighted by Crippen LogP contribution is 2.30. The number of ether oxygens (including phenoxy) is 2. The lowest BCUT2D eigenvalue weighted by Crippen LogP contribution is -2.29. The standard InChI is InChI=1S/C19H21N3O3S2/c1-3-15-10-16-18(21-12-22-19(16)27-15)26-11-17(23)20-8-9-25-14-6-4-13(24-2)5-7-14/h4-7,10,12H,3,8-9,11H2,1-2H3,(H,20,23). The number of hydrogen-bond donors (Lipinski definition) is 1. The van der Waals surface area contributed by atoms with Crippen LogP contribution in [0.15, 0.2) is 41.7 Å². The van der Waals surface area contributed by atoms with Crippen molar-refractivity contribution in [3.8, 4) is 11.5 Å². The number of benzene rings is 1. The maximum atomic E-state index is 12.1. The van der Waals surface area contributed by atoms with E-state index >= 15 is 0 Å². The Morgan fingerprint density at radius 2 is 2.00 bits per heavy atom. The number of aromatic nitrogens is 2. The fourth-order valence-corrected chi connectivity index (χ4v) is 4.19. The zero-order valence-corrected chi connectivity index (χ0v) is 16.9. The summed E-state index contributed by atoms with van der Waals surface area (Å²) in [5.41, 5.74) is 0. The summed E-state index contributed by atoms with van der Waals surface area (Å²) >= 11 is 3.10. The maximum Gasteiger partial charge on any atom is 0.230 e. The van der Waals surface area contributed by atoms with Crippen LogP contribution in [0.2, 0.25) is 0 Å². The molecular formula is C19H21N3O3S2. The van der Waals surface area contributed by atoms with E-state index in [9.17, 15) is 4.79 Å². The summed E-state index contributed by atoms with van der Waals surface area (Å²) in [6.45, 7) is 2.97. The molecule has 0 bridgehead atoms. The molecule has 0 aliphatic heterocycles. The zero-order valence-electron chi connectivity index (χ0n) is 15.2. The molecule has 0 radical (unpaired) electrons. The van der Waals surface area contributed by atoms with Gasteiger partial charge in [-0.05, 0) is 36.8 Å². The Morgan fingerprint density at radius 3 is 2.74 bits per heavy atom. The van der Waals surface area contributed by atoms with Crippen LogP contribution in [0, 0.1) is 0 Å². The molecule has 2 aromatic heterocycles. The molecule has 142 valence electrons. The number of thiophene rings is 1. The van der Waals surface area contributed by atoms with E-state index in [-0.39, 0.29) is 5.91 Å². The average molecular weight is 404 g/mol. The minimum absolute atomic E-state index is 0.0453. The first-order valence-electron chi connectivity index (χ1n) is 8.59. The number of amides is 1. The first kappa shape index (κ1) is 19.4. The van der Waals surface area contributed by atoms with Crippen LogP contribution in [-0.4, -0.2) is 41.9 Å². The van der Waals surface area contributed by atoms with Gasteiger partial charge in [-0.1, -0.05) is 18.7 Å². The molecule has 1 N–H and O–H groups in total. The van der Waals surface area contributed by atoms with Crippen LogP contribution in [0.25, 0.3) is 10.2 Å². The molecule has 1 aromatic carbocycles. The van der Waals surface area contributed by atoms with Crippen LogP contribution in [0.4, 0.5) is 0 Å². The molecule has 3 rings (SSSR count). The zero-order chi connectivity index (χ0) is 19.1. The normalized spacial score (nSPS) is 10.7. The van der Waals surface area contributed by atoms with Gasteiger partial charge in [0.1, 0.15) is 34.3 Å². The first-order chi connectivity index (χ1) is 13.2. The molecule has 0 spiro atoms. The number of nitrogens with one attached hydrogen (secondary N) is 1. The van der Waals surface area contributed by atoms with Gasteiger partial charge in [0, 0.05) is 10.3 Å². The van der Waals surface area contributed by atoms with E-state index in [2.05, 4.69) is 28.3 Å². The Morgan fingerprint density at radius 1 is 1.22 bits per heavy atom. The summed E-state index contributed by atoms with van der Waals surface area (Å²) in [5.74, 6) is 1.79. The van der Waals surface area contributed by atoms with Gasteiger partial charge in [0.25, 0.3) is 0 Å². The Bertz CT molecular complexity index is 897. The van der Waals surface area contributed by atoms with Gasteiger partial charge >= 0.3 is 0 Å². The number of rotatable bonds is 9. The fourth-order valence-electron chi connectivity index (χ4n) is 2.39. The van der Waals surface area contributed by atoms with Crippen molar-refractivity contribution in [1.29, 1.82) is 0 Å². The van der Waals surface area contributed by atoms with Crippen LogP contribution >= 0.6 is 23.1 Å². The predicted molar refractivity (Wildman–Crippen MR) is 109 cm³/mol. The smallest absolute Gasteiger partial charge is 0.230 e. The number of carbonyl (C=O) groups is 1. The van der Waals surface area contributed by atoms with E-state index in [0.717, 1.165) is 33.2 Å².